The van der Waals surface area contributed by atoms with Crippen LogP contribution < -0.4 is 5.56 Å². The minimum Gasteiger partial charge on any atom is -0.306 e. The number of aromatic amines is 1. The summed E-state index contributed by atoms with van der Waals surface area (Å²) in [4.78, 5) is 26.6. The molecule has 5 nitrogen and oxygen atoms in total. The van der Waals surface area contributed by atoms with Crippen LogP contribution in [0.5, 0.6) is 0 Å². The van der Waals surface area contributed by atoms with E-state index in [0.29, 0.717) is 12.4 Å². The number of nitrogens with one attached hydrogen (secondary N) is 1. The molecule has 0 atom stereocenters. The lowest BCUT2D eigenvalue weighted by molar-refractivity contribution is 0.240. The van der Waals surface area contributed by atoms with E-state index >= 15 is 0 Å². The molecule has 0 radical (unpaired) electrons. The number of fused-ring (bicyclic) bond motifs is 1. The average Bonchev–Trinajstić information content (AvgIpc) is 2.66. The van der Waals surface area contributed by atoms with Gasteiger partial charge >= 0.3 is 0 Å². The van der Waals surface area contributed by atoms with Crippen molar-refractivity contribution >= 4 is 0 Å². The lowest BCUT2D eigenvalue weighted by atomic mass is 10.0. The standard InChI is InChI=1S/C21H22N4O/c1-14-5-3-6-17(15(14)2)12-25-10-8-18-19(13-25)23-20(24-21(18)26)16-7-4-9-22-11-16/h3-7,9,11H,8,10,12-13H2,1-2H3,(H,23,24,26). The normalized spacial score (nSPS) is 14.2. The molecule has 0 saturated heterocycles. The van der Waals surface area contributed by atoms with E-state index in [-0.39, 0.29) is 5.56 Å². The minimum absolute atomic E-state index is 0.0276. The summed E-state index contributed by atoms with van der Waals surface area (Å²) >= 11 is 0. The topological polar surface area (TPSA) is 61.9 Å². The predicted molar refractivity (Wildman–Crippen MR) is 102 cm³/mol. The first-order valence-corrected chi connectivity index (χ1v) is 8.92. The Hall–Kier alpha value is -2.79. The van der Waals surface area contributed by atoms with Crippen LogP contribution in [0.3, 0.4) is 0 Å². The van der Waals surface area contributed by atoms with E-state index in [1.807, 2.05) is 12.1 Å². The first-order chi connectivity index (χ1) is 12.6. The second-order valence-electron chi connectivity index (χ2n) is 6.90. The highest BCUT2D eigenvalue weighted by Crippen LogP contribution is 2.21. The largest absolute Gasteiger partial charge is 0.306 e. The molecular formula is C21H22N4O. The van der Waals surface area contributed by atoms with Crippen LogP contribution in [0.15, 0.2) is 47.5 Å². The molecule has 5 heteroatoms. The maximum absolute atomic E-state index is 12.5. The van der Waals surface area contributed by atoms with E-state index in [4.69, 9.17) is 4.98 Å². The Labute approximate surface area is 152 Å². The van der Waals surface area contributed by atoms with Gasteiger partial charge < -0.3 is 4.98 Å². The molecule has 132 valence electrons. The number of hydrogen-bond donors (Lipinski definition) is 1. The molecule has 1 N–H and O–H groups in total. The summed E-state index contributed by atoms with van der Waals surface area (Å²) in [6, 6.07) is 10.2. The number of rotatable bonds is 3. The van der Waals surface area contributed by atoms with Crippen LogP contribution in [-0.4, -0.2) is 26.4 Å². The maximum Gasteiger partial charge on any atom is 0.254 e. The summed E-state index contributed by atoms with van der Waals surface area (Å²) in [6.45, 7) is 6.76. The van der Waals surface area contributed by atoms with Crippen molar-refractivity contribution in [1.82, 2.24) is 19.9 Å². The molecule has 2 aromatic heterocycles. The number of aromatic nitrogens is 3. The summed E-state index contributed by atoms with van der Waals surface area (Å²) in [5.41, 5.74) is 6.49. The monoisotopic (exact) mass is 346 g/mol. The molecule has 1 aliphatic heterocycles. The number of H-pyrrole nitrogens is 1. The predicted octanol–water partition coefficient (Wildman–Crippen LogP) is 3.01. The molecule has 26 heavy (non-hydrogen) atoms. The summed E-state index contributed by atoms with van der Waals surface area (Å²) < 4.78 is 0. The van der Waals surface area contributed by atoms with Crippen molar-refractivity contribution in [2.75, 3.05) is 6.54 Å². The molecule has 0 bridgehead atoms. The second-order valence-corrected chi connectivity index (χ2v) is 6.90. The lowest BCUT2D eigenvalue weighted by Crippen LogP contribution is -2.35. The third kappa shape index (κ3) is 3.18. The van der Waals surface area contributed by atoms with Gasteiger partial charge in [0.15, 0.2) is 0 Å². The van der Waals surface area contributed by atoms with Gasteiger partial charge in [0.1, 0.15) is 5.82 Å². The Morgan fingerprint density at radius 3 is 2.88 bits per heavy atom. The summed E-state index contributed by atoms with van der Waals surface area (Å²) in [5, 5.41) is 0. The van der Waals surface area contributed by atoms with Gasteiger partial charge in [0, 0.05) is 43.2 Å². The van der Waals surface area contributed by atoms with Gasteiger partial charge in [0.05, 0.1) is 5.69 Å². The van der Waals surface area contributed by atoms with Crippen LogP contribution in [0, 0.1) is 13.8 Å². The highest BCUT2D eigenvalue weighted by Gasteiger charge is 2.22. The zero-order valence-corrected chi connectivity index (χ0v) is 15.1. The highest BCUT2D eigenvalue weighted by molar-refractivity contribution is 5.53. The SMILES string of the molecule is Cc1cccc(CN2CCc3c(nc(-c4cccnc4)[nH]c3=O)C2)c1C. The first kappa shape index (κ1) is 16.7. The van der Waals surface area contributed by atoms with Crippen LogP contribution in [-0.2, 0) is 19.5 Å². The third-order valence-corrected chi connectivity index (χ3v) is 5.20. The van der Waals surface area contributed by atoms with Crippen LogP contribution >= 0.6 is 0 Å². The Bertz CT molecular complexity index is 995. The van der Waals surface area contributed by atoms with Crippen LogP contribution in [0.25, 0.3) is 11.4 Å². The molecule has 1 aromatic carbocycles. The van der Waals surface area contributed by atoms with E-state index in [2.05, 4.69) is 46.9 Å². The van der Waals surface area contributed by atoms with Crippen molar-refractivity contribution in [3.8, 4) is 11.4 Å². The van der Waals surface area contributed by atoms with Crippen molar-refractivity contribution in [1.29, 1.82) is 0 Å². The van der Waals surface area contributed by atoms with Gasteiger partial charge in [-0.15, -0.1) is 0 Å². The molecule has 0 amide bonds. The zero-order chi connectivity index (χ0) is 18.1. The zero-order valence-electron chi connectivity index (χ0n) is 15.1. The summed E-state index contributed by atoms with van der Waals surface area (Å²) in [6.07, 6.45) is 4.17. The van der Waals surface area contributed by atoms with Gasteiger partial charge in [-0.1, -0.05) is 18.2 Å². The molecule has 0 fully saturated rings. The summed E-state index contributed by atoms with van der Waals surface area (Å²) in [5.74, 6) is 0.593. The van der Waals surface area contributed by atoms with Crippen LogP contribution in [0.4, 0.5) is 0 Å². The summed E-state index contributed by atoms with van der Waals surface area (Å²) in [7, 11) is 0. The fourth-order valence-corrected chi connectivity index (χ4v) is 3.49. The third-order valence-electron chi connectivity index (χ3n) is 5.20. The quantitative estimate of drug-likeness (QED) is 0.792. The van der Waals surface area contributed by atoms with Crippen LogP contribution in [0.2, 0.25) is 0 Å². The number of hydrogen-bond acceptors (Lipinski definition) is 4. The van der Waals surface area contributed by atoms with Crippen LogP contribution in [0.1, 0.15) is 27.9 Å². The smallest absolute Gasteiger partial charge is 0.254 e. The van der Waals surface area contributed by atoms with Gasteiger partial charge in [-0.2, -0.15) is 0 Å². The lowest BCUT2D eigenvalue weighted by Gasteiger charge is -2.28. The number of pyridine rings is 1. The molecule has 3 heterocycles. The van der Waals surface area contributed by atoms with Crippen molar-refractivity contribution in [3.63, 3.8) is 0 Å². The Balaban J connectivity index is 1.63. The average molecular weight is 346 g/mol. The number of benzene rings is 1. The Morgan fingerprint density at radius 1 is 1.19 bits per heavy atom. The number of nitrogens with zero attached hydrogens (tertiary/aromatic N) is 3. The molecule has 0 saturated carbocycles. The minimum atomic E-state index is -0.0276. The number of aryl methyl sites for hydroxylation is 1. The van der Waals surface area contributed by atoms with E-state index < -0.39 is 0 Å². The van der Waals surface area contributed by atoms with E-state index in [9.17, 15) is 4.79 Å². The molecule has 0 unspecified atom stereocenters. The Kier molecular flexibility index (Phi) is 4.39. The van der Waals surface area contributed by atoms with Gasteiger partial charge in [0.2, 0.25) is 0 Å². The van der Waals surface area contributed by atoms with E-state index in [0.717, 1.165) is 36.3 Å². The fourth-order valence-electron chi connectivity index (χ4n) is 3.49. The second kappa shape index (κ2) is 6.84. The van der Waals surface area contributed by atoms with Crippen molar-refractivity contribution < 1.29 is 0 Å². The van der Waals surface area contributed by atoms with Gasteiger partial charge in [-0.3, -0.25) is 14.7 Å². The van der Waals surface area contributed by atoms with Gasteiger partial charge in [-0.25, -0.2) is 4.98 Å². The van der Waals surface area contributed by atoms with E-state index in [1.165, 1.54) is 16.7 Å². The fraction of sp³-hybridized carbons (Fsp3) is 0.286. The van der Waals surface area contributed by atoms with E-state index in [1.54, 1.807) is 12.4 Å². The molecule has 1 aliphatic rings. The molecular weight excluding hydrogens is 324 g/mol. The molecule has 3 aromatic rings. The van der Waals surface area contributed by atoms with Gasteiger partial charge in [-0.05, 0) is 49.1 Å². The Morgan fingerprint density at radius 2 is 2.08 bits per heavy atom. The molecule has 0 aliphatic carbocycles. The van der Waals surface area contributed by atoms with Gasteiger partial charge in [0.25, 0.3) is 5.56 Å². The maximum atomic E-state index is 12.5. The van der Waals surface area contributed by atoms with Crippen molar-refractivity contribution in [2.45, 2.75) is 33.4 Å². The highest BCUT2D eigenvalue weighted by atomic mass is 16.1. The molecule has 0 spiro atoms. The first-order valence-electron chi connectivity index (χ1n) is 8.92. The van der Waals surface area contributed by atoms with Crippen molar-refractivity contribution in [2.24, 2.45) is 0 Å². The van der Waals surface area contributed by atoms with Crippen molar-refractivity contribution in [3.05, 3.63) is 81.0 Å². The molecule has 4 rings (SSSR count).